The molecular weight excluding hydrogens is 316 g/mol. The van der Waals surface area contributed by atoms with E-state index < -0.39 is 10.0 Å². The van der Waals surface area contributed by atoms with Gasteiger partial charge < -0.3 is 5.73 Å². The molecule has 0 aliphatic heterocycles. The zero-order chi connectivity index (χ0) is 13.9. The molecule has 0 radical (unpaired) electrons. The topological polar surface area (TPSA) is 63.4 Å². The summed E-state index contributed by atoms with van der Waals surface area (Å²) in [5.74, 6) is 0. The van der Waals surface area contributed by atoms with Gasteiger partial charge in [0.1, 0.15) is 0 Å². The average molecular weight is 333 g/mol. The van der Waals surface area contributed by atoms with Gasteiger partial charge in [-0.3, -0.25) is 4.31 Å². The van der Waals surface area contributed by atoms with E-state index in [2.05, 4.69) is 15.9 Å². The molecule has 0 spiro atoms. The van der Waals surface area contributed by atoms with Crippen LogP contribution in [-0.4, -0.2) is 20.7 Å². The summed E-state index contributed by atoms with van der Waals surface area (Å²) in [5.41, 5.74) is 6.78. The Bertz CT molecular complexity index is 555. The molecule has 2 N–H and O–H groups in total. The molecule has 1 atom stereocenters. The number of anilines is 2. The van der Waals surface area contributed by atoms with Gasteiger partial charge in [-0.25, -0.2) is 8.42 Å². The monoisotopic (exact) mass is 332 g/mol. The van der Waals surface area contributed by atoms with Crippen molar-refractivity contribution in [3.8, 4) is 0 Å². The van der Waals surface area contributed by atoms with Crippen molar-refractivity contribution in [2.75, 3.05) is 16.3 Å². The van der Waals surface area contributed by atoms with E-state index in [9.17, 15) is 8.42 Å². The molecule has 0 saturated heterocycles. The summed E-state index contributed by atoms with van der Waals surface area (Å²) in [6.07, 6.45) is 2.99. The SMILES string of the molecule is C/C=C(/Br)C(C)N(c1ccccc1N)S(C)(=O)=O. The maximum absolute atomic E-state index is 12.0. The Balaban J connectivity index is 3.37. The second-order valence-corrected chi connectivity index (χ2v) is 6.74. The molecule has 1 unspecified atom stereocenters. The maximum Gasteiger partial charge on any atom is 0.232 e. The molecule has 0 aliphatic carbocycles. The molecule has 0 heterocycles. The standard InChI is InChI=1S/C12H17BrN2O2S/c1-4-10(13)9(2)15(18(3,16)17)12-8-6-5-7-11(12)14/h4-9H,14H2,1-3H3/b10-4+. The molecule has 4 nitrogen and oxygen atoms in total. The summed E-state index contributed by atoms with van der Waals surface area (Å²) in [7, 11) is -3.41. The van der Waals surface area contributed by atoms with Crippen LogP contribution in [0, 0.1) is 0 Å². The van der Waals surface area contributed by atoms with E-state index in [0.717, 1.165) is 4.48 Å². The van der Waals surface area contributed by atoms with Crippen LogP contribution in [0.2, 0.25) is 0 Å². The van der Waals surface area contributed by atoms with Crippen molar-refractivity contribution < 1.29 is 8.42 Å². The number of hydrogen-bond acceptors (Lipinski definition) is 3. The summed E-state index contributed by atoms with van der Waals surface area (Å²) >= 11 is 3.37. The quantitative estimate of drug-likeness (QED) is 0.862. The predicted octanol–water partition coefficient (Wildman–Crippen LogP) is 2.72. The first kappa shape index (κ1) is 15.0. The van der Waals surface area contributed by atoms with Crippen LogP contribution in [0.4, 0.5) is 11.4 Å². The van der Waals surface area contributed by atoms with Crippen molar-refractivity contribution in [3.63, 3.8) is 0 Å². The van der Waals surface area contributed by atoms with Crippen LogP contribution in [0.25, 0.3) is 0 Å². The van der Waals surface area contributed by atoms with Crippen LogP contribution >= 0.6 is 15.9 Å². The molecular formula is C12H17BrN2O2S. The molecule has 6 heteroatoms. The van der Waals surface area contributed by atoms with Crippen LogP contribution in [0.3, 0.4) is 0 Å². The number of allylic oxidation sites excluding steroid dienone is 1. The smallest absolute Gasteiger partial charge is 0.232 e. The van der Waals surface area contributed by atoms with E-state index in [1.54, 1.807) is 31.2 Å². The summed E-state index contributed by atoms with van der Waals surface area (Å²) < 4.78 is 26.0. The lowest BCUT2D eigenvalue weighted by Crippen LogP contribution is -2.38. The van der Waals surface area contributed by atoms with Crippen molar-refractivity contribution >= 4 is 37.3 Å². The van der Waals surface area contributed by atoms with Gasteiger partial charge in [0.2, 0.25) is 10.0 Å². The number of rotatable bonds is 4. The molecule has 100 valence electrons. The van der Waals surface area contributed by atoms with Gasteiger partial charge in [-0.15, -0.1) is 0 Å². The van der Waals surface area contributed by atoms with Gasteiger partial charge in [-0.1, -0.05) is 34.1 Å². The molecule has 18 heavy (non-hydrogen) atoms. The first-order valence-corrected chi connectivity index (χ1v) is 8.08. The predicted molar refractivity (Wildman–Crippen MR) is 80.3 cm³/mol. The lowest BCUT2D eigenvalue weighted by atomic mass is 10.2. The van der Waals surface area contributed by atoms with Crippen molar-refractivity contribution in [2.45, 2.75) is 19.9 Å². The Hall–Kier alpha value is -1.01. The fourth-order valence-corrected chi connectivity index (χ4v) is 3.27. The molecule has 0 aromatic heterocycles. The Labute approximate surface area is 117 Å². The van der Waals surface area contributed by atoms with E-state index in [4.69, 9.17) is 5.73 Å². The fraction of sp³-hybridized carbons (Fsp3) is 0.333. The normalized spacial score (nSPS) is 14.3. The zero-order valence-corrected chi connectivity index (χ0v) is 13.0. The highest BCUT2D eigenvalue weighted by atomic mass is 79.9. The lowest BCUT2D eigenvalue weighted by molar-refractivity contribution is 0.593. The molecule has 0 bridgehead atoms. The summed E-state index contributed by atoms with van der Waals surface area (Å²) in [5, 5.41) is 0. The molecule has 1 aromatic rings. The zero-order valence-electron chi connectivity index (χ0n) is 10.6. The molecule has 0 saturated carbocycles. The third-order valence-electron chi connectivity index (χ3n) is 2.56. The number of nitrogens with zero attached hydrogens (tertiary/aromatic N) is 1. The number of para-hydroxylation sites is 2. The second-order valence-electron chi connectivity index (χ2n) is 3.97. The van der Waals surface area contributed by atoms with E-state index in [0.29, 0.717) is 11.4 Å². The highest BCUT2D eigenvalue weighted by Crippen LogP contribution is 2.30. The number of sulfonamides is 1. The van der Waals surface area contributed by atoms with E-state index in [1.165, 1.54) is 10.6 Å². The molecule has 1 rings (SSSR count). The van der Waals surface area contributed by atoms with Gasteiger partial charge in [-0.05, 0) is 26.0 Å². The van der Waals surface area contributed by atoms with E-state index in [-0.39, 0.29) is 6.04 Å². The maximum atomic E-state index is 12.0. The van der Waals surface area contributed by atoms with Crippen LogP contribution in [0.15, 0.2) is 34.8 Å². The minimum atomic E-state index is -3.41. The summed E-state index contributed by atoms with van der Waals surface area (Å²) in [6.45, 7) is 3.65. The molecule has 1 aromatic carbocycles. The van der Waals surface area contributed by atoms with Crippen LogP contribution in [0.5, 0.6) is 0 Å². The van der Waals surface area contributed by atoms with Crippen LogP contribution < -0.4 is 10.0 Å². The van der Waals surface area contributed by atoms with Gasteiger partial charge in [0.05, 0.1) is 23.7 Å². The van der Waals surface area contributed by atoms with Crippen LogP contribution in [0.1, 0.15) is 13.8 Å². The lowest BCUT2D eigenvalue weighted by Gasteiger charge is -2.29. The number of hydrogen-bond donors (Lipinski definition) is 1. The largest absolute Gasteiger partial charge is 0.397 e. The van der Waals surface area contributed by atoms with Crippen molar-refractivity contribution in [2.24, 2.45) is 0 Å². The molecule has 0 fully saturated rings. The third kappa shape index (κ3) is 3.26. The van der Waals surface area contributed by atoms with Gasteiger partial charge >= 0.3 is 0 Å². The highest BCUT2D eigenvalue weighted by Gasteiger charge is 2.26. The second kappa shape index (κ2) is 5.75. The minimum absolute atomic E-state index is 0.338. The number of halogens is 1. The van der Waals surface area contributed by atoms with Crippen molar-refractivity contribution in [1.82, 2.24) is 0 Å². The number of benzene rings is 1. The first-order valence-electron chi connectivity index (χ1n) is 5.44. The van der Waals surface area contributed by atoms with E-state index in [1.807, 2.05) is 13.0 Å². The Kier molecular flexibility index (Phi) is 4.81. The number of nitrogen functional groups attached to an aromatic ring is 1. The van der Waals surface area contributed by atoms with Crippen molar-refractivity contribution in [1.29, 1.82) is 0 Å². The van der Waals surface area contributed by atoms with Gasteiger partial charge in [0.15, 0.2) is 0 Å². The van der Waals surface area contributed by atoms with E-state index >= 15 is 0 Å². The summed E-state index contributed by atoms with van der Waals surface area (Å²) in [4.78, 5) is 0. The molecule has 0 amide bonds. The van der Waals surface area contributed by atoms with Crippen LogP contribution in [-0.2, 0) is 10.0 Å². The average Bonchev–Trinajstić information content (AvgIpc) is 2.29. The highest BCUT2D eigenvalue weighted by molar-refractivity contribution is 9.11. The Morgan fingerprint density at radius 2 is 2.00 bits per heavy atom. The van der Waals surface area contributed by atoms with Gasteiger partial charge in [0, 0.05) is 4.48 Å². The Morgan fingerprint density at radius 1 is 1.44 bits per heavy atom. The summed E-state index contributed by atoms with van der Waals surface area (Å²) in [6, 6.07) is 6.58. The third-order valence-corrected chi connectivity index (χ3v) is 4.91. The van der Waals surface area contributed by atoms with Gasteiger partial charge in [0.25, 0.3) is 0 Å². The van der Waals surface area contributed by atoms with Gasteiger partial charge in [-0.2, -0.15) is 0 Å². The molecule has 0 aliphatic rings. The minimum Gasteiger partial charge on any atom is -0.397 e. The fourth-order valence-electron chi connectivity index (χ4n) is 1.72. The number of nitrogens with two attached hydrogens (primary N) is 1. The van der Waals surface area contributed by atoms with Crippen molar-refractivity contribution in [3.05, 3.63) is 34.8 Å². The Morgan fingerprint density at radius 3 is 2.44 bits per heavy atom. The first-order chi connectivity index (χ1) is 8.29.